The van der Waals surface area contributed by atoms with E-state index in [4.69, 9.17) is 6.42 Å². The molecular formula is C10H17N3O2. The third-order valence-corrected chi connectivity index (χ3v) is 1.71. The van der Waals surface area contributed by atoms with Crippen molar-refractivity contribution in [2.24, 2.45) is 0 Å². The second kappa shape index (κ2) is 7.83. The summed E-state index contributed by atoms with van der Waals surface area (Å²) < 4.78 is 0. The highest BCUT2D eigenvalue weighted by Crippen LogP contribution is 1.80. The highest BCUT2D eigenvalue weighted by atomic mass is 16.2. The third kappa shape index (κ3) is 7.52. The van der Waals surface area contributed by atoms with Gasteiger partial charge in [-0.15, -0.1) is 6.42 Å². The van der Waals surface area contributed by atoms with Gasteiger partial charge in [-0.25, -0.2) is 0 Å². The quantitative estimate of drug-likeness (QED) is 0.384. The zero-order chi connectivity index (χ0) is 11.7. The van der Waals surface area contributed by atoms with Gasteiger partial charge in [-0.3, -0.25) is 9.59 Å². The number of carbonyl (C=O) groups excluding carboxylic acids is 2. The van der Waals surface area contributed by atoms with E-state index >= 15 is 0 Å². The summed E-state index contributed by atoms with van der Waals surface area (Å²) in [6, 6.07) is -0.313. The van der Waals surface area contributed by atoms with Crippen LogP contribution in [0.15, 0.2) is 0 Å². The van der Waals surface area contributed by atoms with Gasteiger partial charge < -0.3 is 16.0 Å². The topological polar surface area (TPSA) is 70.2 Å². The number of rotatable bonds is 6. The number of nitrogens with one attached hydrogen (secondary N) is 3. The largest absolute Gasteiger partial charge is 0.355 e. The second-order valence-electron chi connectivity index (χ2n) is 3.08. The molecule has 0 aliphatic rings. The van der Waals surface area contributed by atoms with Gasteiger partial charge in [0.15, 0.2) is 0 Å². The van der Waals surface area contributed by atoms with E-state index in [-0.39, 0.29) is 24.4 Å². The number of amides is 2. The molecule has 0 rings (SSSR count). The van der Waals surface area contributed by atoms with Crippen molar-refractivity contribution in [3.05, 3.63) is 0 Å². The molecule has 0 aromatic rings. The van der Waals surface area contributed by atoms with Crippen LogP contribution in [0.2, 0.25) is 0 Å². The number of hydrogen-bond donors (Lipinski definition) is 3. The Kier molecular flexibility index (Phi) is 7.02. The molecule has 84 valence electrons. The van der Waals surface area contributed by atoms with Crippen LogP contribution in [0.4, 0.5) is 0 Å². The summed E-state index contributed by atoms with van der Waals surface area (Å²) >= 11 is 0. The van der Waals surface area contributed by atoms with Crippen molar-refractivity contribution in [1.82, 2.24) is 16.0 Å². The predicted octanol–water partition coefficient (Wildman–Crippen LogP) is -1.15. The van der Waals surface area contributed by atoms with Crippen molar-refractivity contribution in [2.75, 3.05) is 19.6 Å². The summed E-state index contributed by atoms with van der Waals surface area (Å²) in [5.74, 6) is 2.09. The minimum absolute atomic E-state index is 0.0822. The Morgan fingerprint density at radius 1 is 1.33 bits per heavy atom. The molecule has 1 unspecified atom stereocenters. The van der Waals surface area contributed by atoms with E-state index in [1.165, 1.54) is 6.92 Å². The first-order valence-corrected chi connectivity index (χ1v) is 4.77. The molecule has 0 fully saturated rings. The molecule has 0 heterocycles. The minimum Gasteiger partial charge on any atom is -0.355 e. The van der Waals surface area contributed by atoms with E-state index in [0.29, 0.717) is 13.1 Å². The van der Waals surface area contributed by atoms with Crippen LogP contribution in [-0.2, 0) is 9.59 Å². The molecule has 2 amide bonds. The van der Waals surface area contributed by atoms with Crippen molar-refractivity contribution in [2.45, 2.75) is 19.9 Å². The fourth-order valence-electron chi connectivity index (χ4n) is 0.911. The number of hydrogen-bond acceptors (Lipinski definition) is 3. The molecule has 15 heavy (non-hydrogen) atoms. The molecule has 5 heteroatoms. The predicted molar refractivity (Wildman–Crippen MR) is 58.0 cm³/mol. The molecule has 5 nitrogen and oxygen atoms in total. The SMILES string of the molecule is C#CCNC(=O)C(C)NCCNC(C)=O. The van der Waals surface area contributed by atoms with E-state index < -0.39 is 0 Å². The van der Waals surface area contributed by atoms with Crippen molar-refractivity contribution in [3.8, 4) is 12.3 Å². The van der Waals surface area contributed by atoms with Crippen molar-refractivity contribution >= 4 is 11.8 Å². The molecule has 3 N–H and O–H groups in total. The van der Waals surface area contributed by atoms with Gasteiger partial charge in [0.1, 0.15) is 0 Å². The molecule has 0 saturated carbocycles. The molecule has 0 radical (unpaired) electrons. The van der Waals surface area contributed by atoms with Crippen LogP contribution < -0.4 is 16.0 Å². The van der Waals surface area contributed by atoms with Crippen LogP contribution in [0.5, 0.6) is 0 Å². The van der Waals surface area contributed by atoms with Crippen molar-refractivity contribution in [3.63, 3.8) is 0 Å². The van der Waals surface area contributed by atoms with Gasteiger partial charge in [0.05, 0.1) is 12.6 Å². The van der Waals surface area contributed by atoms with Crippen LogP contribution in [0, 0.1) is 12.3 Å². The maximum atomic E-state index is 11.3. The first-order chi connectivity index (χ1) is 7.07. The van der Waals surface area contributed by atoms with Gasteiger partial charge >= 0.3 is 0 Å². The Labute approximate surface area is 90.0 Å². The maximum absolute atomic E-state index is 11.3. The second-order valence-corrected chi connectivity index (χ2v) is 3.08. The van der Waals surface area contributed by atoms with Gasteiger partial charge in [0.25, 0.3) is 0 Å². The highest BCUT2D eigenvalue weighted by Gasteiger charge is 2.09. The first-order valence-electron chi connectivity index (χ1n) is 4.77. The number of carbonyl (C=O) groups is 2. The molecule has 0 spiro atoms. The highest BCUT2D eigenvalue weighted by molar-refractivity contribution is 5.81. The lowest BCUT2D eigenvalue weighted by Crippen LogP contribution is -2.44. The lowest BCUT2D eigenvalue weighted by Gasteiger charge is -2.12. The van der Waals surface area contributed by atoms with Gasteiger partial charge in [-0.05, 0) is 6.92 Å². The van der Waals surface area contributed by atoms with Gasteiger partial charge in [0, 0.05) is 20.0 Å². The molecule has 0 aromatic carbocycles. The Hall–Kier alpha value is -1.54. The van der Waals surface area contributed by atoms with E-state index in [1.54, 1.807) is 6.92 Å². The molecular weight excluding hydrogens is 194 g/mol. The van der Waals surface area contributed by atoms with Gasteiger partial charge in [0.2, 0.25) is 11.8 Å². The lowest BCUT2D eigenvalue weighted by molar-refractivity contribution is -0.122. The average Bonchev–Trinajstić information content (AvgIpc) is 2.20. The van der Waals surface area contributed by atoms with Gasteiger partial charge in [-0.1, -0.05) is 5.92 Å². The minimum atomic E-state index is -0.313. The maximum Gasteiger partial charge on any atom is 0.237 e. The fraction of sp³-hybridized carbons (Fsp3) is 0.600. The number of terminal acetylenes is 1. The molecule has 0 aromatic heterocycles. The summed E-state index contributed by atoms with van der Waals surface area (Å²) in [5.41, 5.74) is 0. The van der Waals surface area contributed by atoms with Crippen LogP contribution >= 0.6 is 0 Å². The van der Waals surface area contributed by atoms with Crippen molar-refractivity contribution in [1.29, 1.82) is 0 Å². The summed E-state index contributed by atoms with van der Waals surface area (Å²) in [5, 5.41) is 8.13. The van der Waals surface area contributed by atoms with Crippen molar-refractivity contribution < 1.29 is 9.59 Å². The summed E-state index contributed by atoms with van der Waals surface area (Å²) in [4.78, 5) is 21.8. The fourth-order valence-corrected chi connectivity index (χ4v) is 0.911. The Morgan fingerprint density at radius 2 is 2.00 bits per heavy atom. The molecule has 0 saturated heterocycles. The molecule has 1 atom stereocenters. The van der Waals surface area contributed by atoms with E-state index in [1.807, 2.05) is 0 Å². The lowest BCUT2D eigenvalue weighted by atomic mass is 10.3. The Morgan fingerprint density at radius 3 is 2.53 bits per heavy atom. The van der Waals surface area contributed by atoms with E-state index in [2.05, 4.69) is 21.9 Å². The molecule has 0 aliphatic heterocycles. The van der Waals surface area contributed by atoms with E-state index in [0.717, 1.165) is 0 Å². The monoisotopic (exact) mass is 211 g/mol. The smallest absolute Gasteiger partial charge is 0.237 e. The van der Waals surface area contributed by atoms with Crippen LogP contribution in [0.25, 0.3) is 0 Å². The summed E-state index contributed by atoms with van der Waals surface area (Å²) in [6.45, 7) is 4.46. The van der Waals surface area contributed by atoms with Crippen LogP contribution in [-0.4, -0.2) is 37.5 Å². The average molecular weight is 211 g/mol. The van der Waals surface area contributed by atoms with E-state index in [9.17, 15) is 9.59 Å². The zero-order valence-electron chi connectivity index (χ0n) is 9.09. The zero-order valence-corrected chi connectivity index (χ0v) is 9.09. The van der Waals surface area contributed by atoms with Crippen LogP contribution in [0.1, 0.15) is 13.8 Å². The third-order valence-electron chi connectivity index (χ3n) is 1.71. The Bertz CT molecular complexity index is 258. The Balaban J connectivity index is 3.56. The standard InChI is InChI=1S/C10H17N3O2/c1-4-5-13-10(15)8(2)11-6-7-12-9(3)14/h1,8,11H,5-7H2,2-3H3,(H,12,14)(H,13,15). The first kappa shape index (κ1) is 13.5. The normalized spacial score (nSPS) is 11.3. The summed E-state index contributed by atoms with van der Waals surface area (Å²) in [6.07, 6.45) is 5.00. The molecule has 0 bridgehead atoms. The van der Waals surface area contributed by atoms with Gasteiger partial charge in [-0.2, -0.15) is 0 Å². The summed E-state index contributed by atoms with van der Waals surface area (Å²) in [7, 11) is 0. The molecule has 0 aliphatic carbocycles. The van der Waals surface area contributed by atoms with Crippen LogP contribution in [0.3, 0.4) is 0 Å².